The van der Waals surface area contributed by atoms with Crippen molar-refractivity contribution >= 4 is 11.6 Å². The molecule has 0 amide bonds. The summed E-state index contributed by atoms with van der Waals surface area (Å²) in [5.41, 5.74) is 2.92. The maximum Gasteiger partial charge on any atom is 0.0628 e. The molecule has 13 heavy (non-hydrogen) atoms. The Hall–Kier alpha value is -0.0100. The summed E-state index contributed by atoms with van der Waals surface area (Å²) in [5, 5.41) is 9.95. The van der Waals surface area contributed by atoms with E-state index in [1.165, 1.54) is 18.4 Å². The zero-order valence-corrected chi connectivity index (χ0v) is 9.22. The van der Waals surface area contributed by atoms with Crippen molar-refractivity contribution in [2.75, 3.05) is 0 Å². The number of rotatable bonds is 2. The molecule has 0 aromatic rings. The second-order valence-corrected chi connectivity index (χ2v) is 4.49. The van der Waals surface area contributed by atoms with Crippen LogP contribution in [0.15, 0.2) is 11.1 Å². The normalized spacial score (nSPS) is 29.6. The first-order valence-electron chi connectivity index (χ1n) is 5.14. The molecule has 1 saturated carbocycles. The van der Waals surface area contributed by atoms with Gasteiger partial charge in [0.2, 0.25) is 0 Å². The molecule has 0 aliphatic heterocycles. The van der Waals surface area contributed by atoms with Crippen LogP contribution in [0.2, 0.25) is 0 Å². The Morgan fingerprint density at radius 3 is 2.69 bits per heavy atom. The smallest absolute Gasteiger partial charge is 0.0628 e. The molecule has 0 radical (unpaired) electrons. The van der Waals surface area contributed by atoms with Crippen molar-refractivity contribution in [3.63, 3.8) is 0 Å². The highest BCUT2D eigenvalue weighted by Gasteiger charge is 2.27. The molecule has 76 valence electrons. The number of hydrogen-bond acceptors (Lipinski definition) is 1. The first kappa shape index (κ1) is 11.1. The van der Waals surface area contributed by atoms with Crippen LogP contribution < -0.4 is 0 Å². The minimum Gasteiger partial charge on any atom is -0.392 e. The SMILES string of the molecule is CC(C)[C@H](O)[C@H]1CCCC/C1=C/Cl. The van der Waals surface area contributed by atoms with Gasteiger partial charge in [0.15, 0.2) is 0 Å². The Labute approximate surface area is 85.8 Å². The predicted octanol–water partition coefficient (Wildman–Crippen LogP) is 3.32. The molecule has 1 rings (SSSR count). The molecule has 0 aromatic carbocycles. The predicted molar refractivity (Wildman–Crippen MR) is 56.7 cm³/mol. The number of aliphatic hydroxyl groups excluding tert-OH is 1. The van der Waals surface area contributed by atoms with Crippen molar-refractivity contribution in [2.45, 2.75) is 45.6 Å². The second kappa shape index (κ2) is 5.02. The average Bonchev–Trinajstić information content (AvgIpc) is 2.16. The fraction of sp³-hybridized carbons (Fsp3) is 0.818. The van der Waals surface area contributed by atoms with E-state index in [1.807, 2.05) is 0 Å². The average molecular weight is 203 g/mol. The van der Waals surface area contributed by atoms with E-state index in [0.717, 1.165) is 12.8 Å². The monoisotopic (exact) mass is 202 g/mol. The van der Waals surface area contributed by atoms with Gasteiger partial charge < -0.3 is 5.11 Å². The molecule has 0 bridgehead atoms. The van der Waals surface area contributed by atoms with Gasteiger partial charge in [-0.15, -0.1) is 0 Å². The molecule has 0 heterocycles. The standard InChI is InChI=1S/C11H19ClO/c1-8(2)11(13)10-6-4-3-5-9(10)7-12/h7-8,10-11,13H,3-6H2,1-2H3/b9-7-/t10-,11-/m0/s1. The van der Waals surface area contributed by atoms with Gasteiger partial charge in [0, 0.05) is 11.5 Å². The minimum atomic E-state index is -0.217. The van der Waals surface area contributed by atoms with Crippen LogP contribution in [0.25, 0.3) is 0 Å². The van der Waals surface area contributed by atoms with Crippen LogP contribution in [-0.4, -0.2) is 11.2 Å². The van der Waals surface area contributed by atoms with Crippen LogP contribution in [0.4, 0.5) is 0 Å². The molecule has 0 aromatic heterocycles. The van der Waals surface area contributed by atoms with E-state index >= 15 is 0 Å². The first-order chi connectivity index (χ1) is 6.16. The lowest BCUT2D eigenvalue weighted by Gasteiger charge is -2.31. The minimum absolute atomic E-state index is 0.217. The molecule has 1 aliphatic rings. The highest BCUT2D eigenvalue weighted by Crippen LogP contribution is 2.34. The fourth-order valence-electron chi connectivity index (χ4n) is 2.05. The summed E-state index contributed by atoms with van der Waals surface area (Å²) < 4.78 is 0. The molecular weight excluding hydrogens is 184 g/mol. The highest BCUT2D eigenvalue weighted by atomic mass is 35.5. The van der Waals surface area contributed by atoms with Crippen LogP contribution in [0.5, 0.6) is 0 Å². The molecular formula is C11H19ClO. The van der Waals surface area contributed by atoms with Crippen molar-refractivity contribution in [3.05, 3.63) is 11.1 Å². The number of halogens is 1. The van der Waals surface area contributed by atoms with Crippen LogP contribution in [0.3, 0.4) is 0 Å². The lowest BCUT2D eigenvalue weighted by atomic mass is 9.78. The zero-order chi connectivity index (χ0) is 9.84. The summed E-state index contributed by atoms with van der Waals surface area (Å²) in [6.07, 6.45) is 4.39. The van der Waals surface area contributed by atoms with Crippen LogP contribution in [0.1, 0.15) is 39.5 Å². The quantitative estimate of drug-likeness (QED) is 0.729. The van der Waals surface area contributed by atoms with Gasteiger partial charge in [0.05, 0.1) is 6.10 Å². The summed E-state index contributed by atoms with van der Waals surface area (Å²) in [5.74, 6) is 0.640. The van der Waals surface area contributed by atoms with Crippen LogP contribution >= 0.6 is 11.6 Å². The Bertz CT molecular complexity index is 187. The summed E-state index contributed by atoms with van der Waals surface area (Å²) in [6, 6.07) is 0. The zero-order valence-electron chi connectivity index (χ0n) is 8.46. The largest absolute Gasteiger partial charge is 0.392 e. The molecule has 1 N–H and O–H groups in total. The number of hydrogen-bond donors (Lipinski definition) is 1. The van der Waals surface area contributed by atoms with Gasteiger partial charge in [-0.2, -0.15) is 0 Å². The molecule has 1 aliphatic carbocycles. The van der Waals surface area contributed by atoms with E-state index < -0.39 is 0 Å². The second-order valence-electron chi connectivity index (χ2n) is 4.27. The van der Waals surface area contributed by atoms with Crippen molar-refractivity contribution in [3.8, 4) is 0 Å². The summed E-state index contributed by atoms with van der Waals surface area (Å²) in [7, 11) is 0. The maximum atomic E-state index is 9.95. The lowest BCUT2D eigenvalue weighted by Crippen LogP contribution is -2.29. The van der Waals surface area contributed by atoms with Gasteiger partial charge in [-0.05, 0) is 25.2 Å². The Morgan fingerprint density at radius 2 is 2.15 bits per heavy atom. The molecule has 1 nitrogen and oxygen atoms in total. The lowest BCUT2D eigenvalue weighted by molar-refractivity contribution is 0.0687. The third-order valence-corrected chi connectivity index (χ3v) is 3.22. The van der Waals surface area contributed by atoms with E-state index in [4.69, 9.17) is 11.6 Å². The Morgan fingerprint density at radius 1 is 1.46 bits per heavy atom. The van der Waals surface area contributed by atoms with Gasteiger partial charge in [0.1, 0.15) is 0 Å². The van der Waals surface area contributed by atoms with Crippen LogP contribution in [0, 0.1) is 11.8 Å². The topological polar surface area (TPSA) is 20.2 Å². The maximum absolute atomic E-state index is 9.95. The van der Waals surface area contributed by atoms with Gasteiger partial charge in [-0.3, -0.25) is 0 Å². The Balaban J connectivity index is 2.64. The van der Waals surface area contributed by atoms with E-state index in [0.29, 0.717) is 11.8 Å². The summed E-state index contributed by atoms with van der Waals surface area (Å²) in [4.78, 5) is 0. The third-order valence-electron chi connectivity index (χ3n) is 2.94. The van der Waals surface area contributed by atoms with Gasteiger partial charge >= 0.3 is 0 Å². The molecule has 1 fully saturated rings. The van der Waals surface area contributed by atoms with E-state index in [2.05, 4.69) is 13.8 Å². The molecule has 0 saturated heterocycles. The highest BCUT2D eigenvalue weighted by molar-refractivity contribution is 6.25. The molecule has 2 atom stereocenters. The summed E-state index contributed by atoms with van der Waals surface area (Å²) >= 11 is 5.75. The Kier molecular flexibility index (Phi) is 4.27. The molecule has 0 unspecified atom stereocenters. The molecule has 2 heteroatoms. The van der Waals surface area contributed by atoms with E-state index in [9.17, 15) is 5.11 Å². The van der Waals surface area contributed by atoms with E-state index in [-0.39, 0.29) is 6.10 Å². The fourth-order valence-corrected chi connectivity index (χ4v) is 2.33. The van der Waals surface area contributed by atoms with Crippen molar-refractivity contribution in [1.29, 1.82) is 0 Å². The van der Waals surface area contributed by atoms with Gasteiger partial charge in [-0.25, -0.2) is 0 Å². The number of aliphatic hydroxyl groups is 1. The van der Waals surface area contributed by atoms with E-state index in [1.54, 1.807) is 5.54 Å². The van der Waals surface area contributed by atoms with Gasteiger partial charge in [0.25, 0.3) is 0 Å². The van der Waals surface area contributed by atoms with Crippen molar-refractivity contribution in [2.24, 2.45) is 11.8 Å². The first-order valence-corrected chi connectivity index (χ1v) is 5.57. The van der Waals surface area contributed by atoms with Gasteiger partial charge in [-0.1, -0.05) is 37.4 Å². The third kappa shape index (κ3) is 2.72. The molecule has 0 spiro atoms. The van der Waals surface area contributed by atoms with Crippen LogP contribution in [-0.2, 0) is 0 Å². The van der Waals surface area contributed by atoms with Crippen molar-refractivity contribution < 1.29 is 5.11 Å². The van der Waals surface area contributed by atoms with Crippen molar-refractivity contribution in [1.82, 2.24) is 0 Å². The summed E-state index contributed by atoms with van der Waals surface area (Å²) in [6.45, 7) is 4.12.